The van der Waals surface area contributed by atoms with E-state index in [4.69, 9.17) is 5.73 Å². The van der Waals surface area contributed by atoms with Crippen LogP contribution in [-0.4, -0.2) is 30.4 Å². The Labute approximate surface area is 121 Å². The number of nitrogen functional groups attached to an aromatic ring is 1. The second kappa shape index (κ2) is 7.29. The van der Waals surface area contributed by atoms with Gasteiger partial charge in [0.2, 0.25) is 5.91 Å². The largest absolute Gasteiger partial charge is 0.397 e. The van der Waals surface area contributed by atoms with Crippen LogP contribution in [0.4, 0.5) is 11.4 Å². The first kappa shape index (κ1) is 14.9. The molecule has 1 heterocycles. The Kier molecular flexibility index (Phi) is 5.41. The number of para-hydroxylation sites is 2. The quantitative estimate of drug-likeness (QED) is 0.812. The molecule has 1 aromatic rings. The Balaban J connectivity index is 1.72. The zero-order chi connectivity index (χ0) is 14.4. The highest BCUT2D eigenvalue weighted by Crippen LogP contribution is 2.20. The fraction of sp³-hybridized carbons (Fsp3) is 0.562. The summed E-state index contributed by atoms with van der Waals surface area (Å²) < 4.78 is 0. The zero-order valence-electron chi connectivity index (χ0n) is 12.3. The number of nitrogens with zero attached hydrogens (tertiary/aromatic N) is 1. The smallest absolute Gasteiger partial charge is 0.225 e. The number of benzene rings is 1. The first-order valence-corrected chi connectivity index (χ1v) is 7.55. The first-order valence-electron chi connectivity index (χ1n) is 7.55. The molecule has 0 saturated carbocycles. The number of piperidine rings is 1. The summed E-state index contributed by atoms with van der Waals surface area (Å²) >= 11 is 0. The van der Waals surface area contributed by atoms with Crippen LogP contribution in [0, 0.1) is 5.92 Å². The second-order valence-corrected chi connectivity index (χ2v) is 5.58. The summed E-state index contributed by atoms with van der Waals surface area (Å²) in [6.45, 7) is 5.35. The fourth-order valence-electron chi connectivity index (χ4n) is 2.70. The number of carbonyl (C=O) groups is 1. The number of likely N-dealkylation sites (tertiary alicyclic amines) is 1. The van der Waals surface area contributed by atoms with E-state index in [0.717, 1.165) is 25.6 Å². The molecule has 4 heteroatoms. The van der Waals surface area contributed by atoms with E-state index in [-0.39, 0.29) is 5.91 Å². The highest BCUT2D eigenvalue weighted by Gasteiger charge is 2.18. The minimum Gasteiger partial charge on any atom is -0.397 e. The van der Waals surface area contributed by atoms with Crippen molar-refractivity contribution in [2.75, 3.05) is 30.7 Å². The van der Waals surface area contributed by atoms with E-state index in [2.05, 4.69) is 17.1 Å². The van der Waals surface area contributed by atoms with Gasteiger partial charge in [-0.3, -0.25) is 4.79 Å². The van der Waals surface area contributed by atoms with Crippen molar-refractivity contribution in [2.45, 2.75) is 32.6 Å². The predicted molar refractivity (Wildman–Crippen MR) is 83.6 cm³/mol. The molecule has 1 aromatic carbocycles. The van der Waals surface area contributed by atoms with E-state index in [9.17, 15) is 4.79 Å². The Morgan fingerprint density at radius 1 is 1.35 bits per heavy atom. The minimum atomic E-state index is 0.0421. The van der Waals surface area contributed by atoms with Crippen LogP contribution in [0.15, 0.2) is 24.3 Å². The average molecular weight is 275 g/mol. The van der Waals surface area contributed by atoms with Crippen LogP contribution in [0.3, 0.4) is 0 Å². The highest BCUT2D eigenvalue weighted by atomic mass is 16.1. The predicted octanol–water partition coefficient (Wildman–Crippen LogP) is 2.72. The normalized spacial score (nSPS) is 17.1. The van der Waals surface area contributed by atoms with Crippen LogP contribution in [0.25, 0.3) is 0 Å². The topological polar surface area (TPSA) is 58.4 Å². The van der Waals surface area contributed by atoms with E-state index in [0.29, 0.717) is 17.8 Å². The molecule has 0 atom stereocenters. The molecule has 3 N–H and O–H groups in total. The summed E-state index contributed by atoms with van der Waals surface area (Å²) in [5.41, 5.74) is 7.14. The van der Waals surface area contributed by atoms with Crippen LogP contribution in [-0.2, 0) is 4.79 Å². The van der Waals surface area contributed by atoms with Gasteiger partial charge in [-0.05, 0) is 44.0 Å². The Morgan fingerprint density at radius 2 is 2.05 bits per heavy atom. The van der Waals surface area contributed by atoms with Crippen LogP contribution in [0.1, 0.15) is 32.6 Å². The molecule has 0 aromatic heterocycles. The van der Waals surface area contributed by atoms with Crippen molar-refractivity contribution in [1.82, 2.24) is 4.90 Å². The van der Waals surface area contributed by atoms with Gasteiger partial charge < -0.3 is 16.0 Å². The molecule has 0 aliphatic carbocycles. The molecule has 0 unspecified atom stereocenters. The van der Waals surface area contributed by atoms with Gasteiger partial charge in [0.15, 0.2) is 0 Å². The molecule has 1 amide bonds. The van der Waals surface area contributed by atoms with E-state index in [1.54, 1.807) is 6.07 Å². The molecular formula is C16H25N3O. The molecule has 1 aliphatic heterocycles. The van der Waals surface area contributed by atoms with Crippen LogP contribution in [0.5, 0.6) is 0 Å². The van der Waals surface area contributed by atoms with Crippen molar-refractivity contribution in [3.05, 3.63) is 24.3 Å². The van der Waals surface area contributed by atoms with Gasteiger partial charge in [0.1, 0.15) is 0 Å². The molecular weight excluding hydrogens is 250 g/mol. The number of hydrogen-bond donors (Lipinski definition) is 2. The Morgan fingerprint density at radius 3 is 2.70 bits per heavy atom. The minimum absolute atomic E-state index is 0.0421. The lowest BCUT2D eigenvalue weighted by molar-refractivity contribution is -0.116. The molecule has 110 valence electrons. The second-order valence-electron chi connectivity index (χ2n) is 5.58. The highest BCUT2D eigenvalue weighted by molar-refractivity contribution is 5.93. The molecule has 4 nitrogen and oxygen atoms in total. The first-order chi connectivity index (χ1) is 9.69. The molecule has 0 spiro atoms. The summed E-state index contributed by atoms with van der Waals surface area (Å²) in [7, 11) is 0. The molecule has 2 rings (SSSR count). The third-order valence-electron chi connectivity index (χ3n) is 4.17. The van der Waals surface area contributed by atoms with Crippen molar-refractivity contribution in [2.24, 2.45) is 5.92 Å². The van der Waals surface area contributed by atoms with Gasteiger partial charge in [-0.25, -0.2) is 0 Å². The van der Waals surface area contributed by atoms with Crippen LogP contribution in [0.2, 0.25) is 0 Å². The van der Waals surface area contributed by atoms with Crippen molar-refractivity contribution < 1.29 is 4.79 Å². The number of nitrogens with two attached hydrogens (primary N) is 1. The summed E-state index contributed by atoms with van der Waals surface area (Å²) in [6.07, 6.45) is 4.35. The average Bonchev–Trinajstić information content (AvgIpc) is 2.48. The van der Waals surface area contributed by atoms with Gasteiger partial charge >= 0.3 is 0 Å². The van der Waals surface area contributed by atoms with Crippen molar-refractivity contribution in [1.29, 1.82) is 0 Å². The van der Waals surface area contributed by atoms with Crippen molar-refractivity contribution in [3.8, 4) is 0 Å². The summed E-state index contributed by atoms with van der Waals surface area (Å²) in [6, 6.07) is 7.37. The van der Waals surface area contributed by atoms with Gasteiger partial charge in [0.25, 0.3) is 0 Å². The van der Waals surface area contributed by atoms with E-state index < -0.39 is 0 Å². The summed E-state index contributed by atoms with van der Waals surface area (Å²) in [5, 5.41) is 2.88. The van der Waals surface area contributed by atoms with Gasteiger partial charge in [0, 0.05) is 13.0 Å². The van der Waals surface area contributed by atoms with Crippen LogP contribution < -0.4 is 11.1 Å². The van der Waals surface area contributed by atoms with Gasteiger partial charge in [-0.2, -0.15) is 0 Å². The van der Waals surface area contributed by atoms with Crippen molar-refractivity contribution in [3.63, 3.8) is 0 Å². The molecule has 1 fully saturated rings. The van der Waals surface area contributed by atoms with Crippen LogP contribution >= 0.6 is 0 Å². The summed E-state index contributed by atoms with van der Waals surface area (Å²) in [4.78, 5) is 14.3. The molecule has 20 heavy (non-hydrogen) atoms. The SMILES string of the molecule is CCC1CCN(CCC(=O)Nc2ccccc2N)CC1. The standard InChI is InChI=1S/C16H25N3O/c1-2-13-7-10-19(11-8-13)12-9-16(20)18-15-6-4-3-5-14(15)17/h3-6,13H,2,7-12,17H2,1H3,(H,18,20). The van der Waals surface area contributed by atoms with E-state index in [1.165, 1.54) is 19.3 Å². The van der Waals surface area contributed by atoms with Gasteiger partial charge in [0.05, 0.1) is 11.4 Å². The number of anilines is 2. The van der Waals surface area contributed by atoms with Crippen molar-refractivity contribution >= 4 is 17.3 Å². The molecule has 1 aliphatic rings. The van der Waals surface area contributed by atoms with E-state index in [1.807, 2.05) is 18.2 Å². The lowest BCUT2D eigenvalue weighted by atomic mass is 9.94. The maximum absolute atomic E-state index is 11.9. The number of nitrogens with one attached hydrogen (secondary N) is 1. The fourth-order valence-corrected chi connectivity index (χ4v) is 2.70. The number of hydrogen-bond acceptors (Lipinski definition) is 3. The number of carbonyl (C=O) groups excluding carboxylic acids is 1. The summed E-state index contributed by atoms with van der Waals surface area (Å²) in [5.74, 6) is 0.921. The number of rotatable bonds is 5. The molecule has 0 radical (unpaired) electrons. The lowest BCUT2D eigenvalue weighted by Crippen LogP contribution is -2.35. The Bertz CT molecular complexity index is 439. The molecule has 1 saturated heterocycles. The zero-order valence-corrected chi connectivity index (χ0v) is 12.3. The number of amides is 1. The van der Waals surface area contributed by atoms with E-state index >= 15 is 0 Å². The Hall–Kier alpha value is -1.55. The maximum Gasteiger partial charge on any atom is 0.225 e. The monoisotopic (exact) mass is 275 g/mol. The third kappa shape index (κ3) is 4.23. The van der Waals surface area contributed by atoms with Gasteiger partial charge in [-0.1, -0.05) is 25.5 Å². The lowest BCUT2D eigenvalue weighted by Gasteiger charge is -2.31. The molecule has 0 bridgehead atoms. The maximum atomic E-state index is 11.9. The third-order valence-corrected chi connectivity index (χ3v) is 4.17. The van der Waals surface area contributed by atoms with Gasteiger partial charge in [-0.15, -0.1) is 0 Å².